The fourth-order valence-electron chi connectivity index (χ4n) is 2.57. The molecule has 1 saturated carbocycles. The van der Waals surface area contributed by atoms with Crippen LogP contribution < -0.4 is 10.6 Å². The van der Waals surface area contributed by atoms with Crippen LogP contribution in [-0.2, 0) is 0 Å². The molecule has 1 fully saturated rings. The molecule has 1 aliphatic carbocycles. The average Bonchev–Trinajstić information content (AvgIpc) is 2.49. The van der Waals surface area contributed by atoms with Gasteiger partial charge in [-0.15, -0.1) is 0 Å². The van der Waals surface area contributed by atoms with E-state index in [4.69, 9.17) is 23.2 Å². The third-order valence-corrected chi connectivity index (χ3v) is 5.53. The van der Waals surface area contributed by atoms with Crippen LogP contribution >= 0.6 is 35.0 Å². The maximum Gasteiger partial charge on any atom is 0.147 e. The number of nitrogens with one attached hydrogen (secondary N) is 2. The predicted octanol–water partition coefficient (Wildman–Crippen LogP) is 5.30. The Labute approximate surface area is 141 Å². The number of pyridine rings is 1. The van der Waals surface area contributed by atoms with Crippen LogP contribution in [0.2, 0.25) is 10.0 Å². The fourth-order valence-corrected chi connectivity index (χ4v) is 3.79. The van der Waals surface area contributed by atoms with Gasteiger partial charge in [-0.05, 0) is 44.4 Å². The molecule has 0 spiro atoms. The highest BCUT2D eigenvalue weighted by Crippen LogP contribution is 2.33. The van der Waals surface area contributed by atoms with Crippen molar-refractivity contribution in [1.82, 2.24) is 4.98 Å². The van der Waals surface area contributed by atoms with Crippen LogP contribution in [0.25, 0.3) is 0 Å². The fraction of sp³-hybridized carbons (Fsp3) is 0.667. The Morgan fingerprint density at radius 2 is 1.86 bits per heavy atom. The van der Waals surface area contributed by atoms with E-state index < -0.39 is 0 Å². The largest absolute Gasteiger partial charge is 0.369 e. The molecule has 2 N–H and O–H groups in total. The molecule has 0 bridgehead atoms. The second kappa shape index (κ2) is 8.35. The summed E-state index contributed by atoms with van der Waals surface area (Å²) in [5.74, 6) is 1.45. The van der Waals surface area contributed by atoms with Gasteiger partial charge in [0.25, 0.3) is 0 Å². The molecule has 1 aliphatic rings. The number of anilines is 2. The van der Waals surface area contributed by atoms with Crippen LogP contribution in [0.5, 0.6) is 0 Å². The quantitative estimate of drug-likeness (QED) is 0.732. The van der Waals surface area contributed by atoms with Gasteiger partial charge in [0.05, 0.1) is 10.0 Å². The van der Waals surface area contributed by atoms with Gasteiger partial charge in [0.2, 0.25) is 0 Å². The van der Waals surface area contributed by atoms with Gasteiger partial charge < -0.3 is 10.6 Å². The molecule has 0 saturated heterocycles. The highest BCUT2D eigenvalue weighted by Gasteiger charge is 2.21. The summed E-state index contributed by atoms with van der Waals surface area (Å²) in [4.78, 5) is 4.55. The van der Waals surface area contributed by atoms with Crippen molar-refractivity contribution in [3.8, 4) is 0 Å². The van der Waals surface area contributed by atoms with Crippen LogP contribution in [-0.4, -0.2) is 29.1 Å². The minimum absolute atomic E-state index is 0.457. The number of rotatable bonds is 6. The zero-order valence-corrected chi connectivity index (χ0v) is 14.9. The van der Waals surface area contributed by atoms with E-state index >= 15 is 0 Å². The lowest BCUT2D eigenvalue weighted by Gasteiger charge is -2.28. The lowest BCUT2D eigenvalue weighted by molar-refractivity contribution is 0.472. The van der Waals surface area contributed by atoms with Gasteiger partial charge in [-0.1, -0.05) is 30.1 Å². The number of aromatic nitrogens is 1. The van der Waals surface area contributed by atoms with Crippen molar-refractivity contribution >= 4 is 46.6 Å². The molecule has 21 heavy (non-hydrogen) atoms. The van der Waals surface area contributed by atoms with Crippen molar-refractivity contribution in [2.45, 2.75) is 50.3 Å². The van der Waals surface area contributed by atoms with Crippen LogP contribution in [0.4, 0.5) is 11.6 Å². The Morgan fingerprint density at radius 3 is 2.48 bits per heavy atom. The third-order valence-electron chi connectivity index (χ3n) is 3.82. The minimum atomic E-state index is 0.457. The Morgan fingerprint density at radius 1 is 1.19 bits per heavy atom. The summed E-state index contributed by atoms with van der Waals surface area (Å²) >= 11 is 14.4. The van der Waals surface area contributed by atoms with Gasteiger partial charge in [0.15, 0.2) is 0 Å². The summed E-state index contributed by atoms with van der Waals surface area (Å²) in [5.41, 5.74) is 0. The predicted molar refractivity (Wildman–Crippen MR) is 96.2 cm³/mol. The van der Waals surface area contributed by atoms with Crippen LogP contribution in [0.15, 0.2) is 6.07 Å². The molecule has 0 atom stereocenters. The zero-order valence-electron chi connectivity index (χ0n) is 12.6. The van der Waals surface area contributed by atoms with E-state index in [9.17, 15) is 0 Å². The van der Waals surface area contributed by atoms with Gasteiger partial charge in [-0.2, -0.15) is 11.8 Å². The van der Waals surface area contributed by atoms with Crippen molar-refractivity contribution in [2.75, 3.05) is 23.4 Å². The van der Waals surface area contributed by atoms with Gasteiger partial charge in [-0.25, -0.2) is 4.98 Å². The molecule has 1 aromatic rings. The maximum atomic E-state index is 6.27. The van der Waals surface area contributed by atoms with E-state index in [1.54, 1.807) is 6.07 Å². The van der Waals surface area contributed by atoms with Crippen molar-refractivity contribution in [2.24, 2.45) is 0 Å². The summed E-state index contributed by atoms with van der Waals surface area (Å²) in [5, 5.41) is 8.70. The monoisotopic (exact) mass is 347 g/mol. The molecule has 3 nitrogen and oxygen atoms in total. The molecule has 0 radical (unpaired) electrons. The maximum absolute atomic E-state index is 6.27. The van der Waals surface area contributed by atoms with E-state index in [1.807, 2.05) is 11.8 Å². The highest BCUT2D eigenvalue weighted by atomic mass is 35.5. The molecule has 0 aliphatic heterocycles. The van der Waals surface area contributed by atoms with Crippen molar-refractivity contribution in [3.63, 3.8) is 0 Å². The van der Waals surface area contributed by atoms with Gasteiger partial charge in [-0.3, -0.25) is 0 Å². The summed E-state index contributed by atoms with van der Waals surface area (Å²) in [6.07, 6.45) is 8.08. The summed E-state index contributed by atoms with van der Waals surface area (Å²) < 4.78 is 0. The van der Waals surface area contributed by atoms with Crippen molar-refractivity contribution in [1.29, 1.82) is 0 Å². The first kappa shape index (κ1) is 17.0. The molecule has 6 heteroatoms. The summed E-state index contributed by atoms with van der Waals surface area (Å²) in [6, 6.07) is 2.22. The molecule has 0 unspecified atom stereocenters. The van der Waals surface area contributed by atoms with E-state index in [0.717, 1.165) is 24.0 Å². The normalized spacial score (nSPS) is 22.1. The Bertz CT molecular complexity index is 462. The zero-order chi connectivity index (χ0) is 15.2. The van der Waals surface area contributed by atoms with Crippen LogP contribution in [0, 0.1) is 0 Å². The molecular formula is C15H23Cl2N3S. The topological polar surface area (TPSA) is 37.0 Å². The average molecular weight is 348 g/mol. The van der Waals surface area contributed by atoms with Gasteiger partial charge >= 0.3 is 0 Å². The second-order valence-corrected chi connectivity index (χ2v) is 7.38. The lowest BCUT2D eigenvalue weighted by Crippen LogP contribution is -2.27. The second-order valence-electron chi connectivity index (χ2n) is 5.43. The standard InChI is InChI=1S/C15H23Cl2N3S/c1-3-8-18-14-12(16)9-13(17)15(20-14)19-10-4-6-11(21-2)7-5-10/h9-11H,3-8H2,1-2H3,(H2,18,19,20). The van der Waals surface area contributed by atoms with E-state index in [1.165, 1.54) is 25.7 Å². The third kappa shape index (κ3) is 4.83. The molecule has 1 heterocycles. The molecule has 1 aromatic heterocycles. The Balaban J connectivity index is 2.02. The molecule has 0 amide bonds. The Kier molecular flexibility index (Phi) is 6.77. The number of halogens is 2. The first-order chi connectivity index (χ1) is 10.1. The van der Waals surface area contributed by atoms with E-state index in [2.05, 4.69) is 28.8 Å². The smallest absolute Gasteiger partial charge is 0.147 e. The SMILES string of the molecule is CCCNc1nc(NC2CCC(SC)CC2)c(Cl)cc1Cl. The minimum Gasteiger partial charge on any atom is -0.369 e. The van der Waals surface area contributed by atoms with Crippen molar-refractivity contribution in [3.05, 3.63) is 16.1 Å². The van der Waals surface area contributed by atoms with Gasteiger partial charge in [0, 0.05) is 17.8 Å². The first-order valence-electron chi connectivity index (χ1n) is 7.53. The van der Waals surface area contributed by atoms with Crippen molar-refractivity contribution < 1.29 is 0 Å². The number of hydrogen-bond acceptors (Lipinski definition) is 4. The molecule has 118 valence electrons. The van der Waals surface area contributed by atoms with E-state index in [0.29, 0.717) is 21.9 Å². The summed E-state index contributed by atoms with van der Waals surface area (Å²) in [7, 11) is 0. The molecule has 0 aromatic carbocycles. The van der Waals surface area contributed by atoms with E-state index in [-0.39, 0.29) is 0 Å². The Hall–Kier alpha value is -0.320. The first-order valence-corrected chi connectivity index (χ1v) is 9.57. The number of hydrogen-bond donors (Lipinski definition) is 2. The summed E-state index contributed by atoms with van der Waals surface area (Å²) in [6.45, 7) is 2.97. The van der Waals surface area contributed by atoms with Gasteiger partial charge in [0.1, 0.15) is 11.6 Å². The van der Waals surface area contributed by atoms with Crippen LogP contribution in [0.3, 0.4) is 0 Å². The number of nitrogens with zero attached hydrogens (tertiary/aromatic N) is 1. The van der Waals surface area contributed by atoms with Crippen LogP contribution in [0.1, 0.15) is 39.0 Å². The highest BCUT2D eigenvalue weighted by molar-refractivity contribution is 7.99. The number of thioether (sulfide) groups is 1. The molecule has 2 rings (SSSR count). The molecular weight excluding hydrogens is 325 g/mol. The lowest BCUT2D eigenvalue weighted by atomic mass is 9.95.